The maximum absolute atomic E-state index is 12.6. The second-order valence-electron chi connectivity index (χ2n) is 6.01. The molecular formula is C21H19N3O3. The SMILES string of the molecule is COc1ccc(-c2ncc(C(=O)Nc3cccc(C(C)=O)c3)c(C)n2)cc1. The molecule has 1 amide bonds. The summed E-state index contributed by atoms with van der Waals surface area (Å²) in [5, 5.41) is 2.78. The normalized spacial score (nSPS) is 10.3. The van der Waals surface area contributed by atoms with Crippen molar-refractivity contribution >= 4 is 17.4 Å². The number of nitrogens with one attached hydrogen (secondary N) is 1. The van der Waals surface area contributed by atoms with Gasteiger partial charge in [-0.3, -0.25) is 9.59 Å². The van der Waals surface area contributed by atoms with Crippen LogP contribution < -0.4 is 10.1 Å². The zero-order chi connectivity index (χ0) is 19.4. The number of hydrogen-bond acceptors (Lipinski definition) is 5. The van der Waals surface area contributed by atoms with Crippen molar-refractivity contribution in [1.29, 1.82) is 0 Å². The fraction of sp³-hybridized carbons (Fsp3) is 0.143. The van der Waals surface area contributed by atoms with E-state index in [-0.39, 0.29) is 11.7 Å². The summed E-state index contributed by atoms with van der Waals surface area (Å²) in [6, 6.07) is 14.2. The Bertz CT molecular complexity index is 998. The van der Waals surface area contributed by atoms with Crippen LogP contribution in [-0.4, -0.2) is 28.8 Å². The summed E-state index contributed by atoms with van der Waals surface area (Å²) in [5.74, 6) is 0.897. The molecule has 0 aliphatic rings. The molecule has 3 aromatic rings. The molecule has 1 N–H and O–H groups in total. The van der Waals surface area contributed by atoms with Crippen LogP contribution in [0.2, 0.25) is 0 Å². The number of ether oxygens (including phenoxy) is 1. The van der Waals surface area contributed by atoms with Gasteiger partial charge in [0.05, 0.1) is 18.4 Å². The van der Waals surface area contributed by atoms with Crippen molar-refractivity contribution in [2.24, 2.45) is 0 Å². The minimum absolute atomic E-state index is 0.0607. The summed E-state index contributed by atoms with van der Waals surface area (Å²) >= 11 is 0. The van der Waals surface area contributed by atoms with Crippen LogP contribution in [0.1, 0.15) is 33.3 Å². The molecule has 0 saturated heterocycles. The van der Waals surface area contributed by atoms with E-state index in [2.05, 4.69) is 15.3 Å². The van der Waals surface area contributed by atoms with E-state index in [1.165, 1.54) is 13.1 Å². The lowest BCUT2D eigenvalue weighted by Gasteiger charge is -2.09. The molecule has 2 aromatic carbocycles. The van der Waals surface area contributed by atoms with Gasteiger partial charge in [-0.1, -0.05) is 12.1 Å². The molecule has 0 saturated carbocycles. The van der Waals surface area contributed by atoms with Crippen LogP contribution >= 0.6 is 0 Å². The fourth-order valence-corrected chi connectivity index (χ4v) is 2.58. The van der Waals surface area contributed by atoms with Crippen LogP contribution in [0.25, 0.3) is 11.4 Å². The first-order valence-corrected chi connectivity index (χ1v) is 8.38. The van der Waals surface area contributed by atoms with E-state index in [4.69, 9.17) is 4.74 Å². The number of hydrogen-bond donors (Lipinski definition) is 1. The highest BCUT2D eigenvalue weighted by Gasteiger charge is 2.13. The van der Waals surface area contributed by atoms with Crippen LogP contribution in [-0.2, 0) is 0 Å². The summed E-state index contributed by atoms with van der Waals surface area (Å²) in [7, 11) is 1.61. The highest BCUT2D eigenvalue weighted by atomic mass is 16.5. The number of anilines is 1. The predicted octanol–water partition coefficient (Wildman–Crippen LogP) is 3.92. The standard InChI is InChI=1S/C21H19N3O3/c1-13-19(21(26)24-17-6-4-5-16(11-17)14(2)25)12-22-20(23-13)15-7-9-18(27-3)10-8-15/h4-12H,1-3H3,(H,24,26). The molecule has 27 heavy (non-hydrogen) atoms. The average molecular weight is 361 g/mol. The highest BCUT2D eigenvalue weighted by Crippen LogP contribution is 2.20. The second kappa shape index (κ2) is 7.78. The Kier molecular flexibility index (Phi) is 5.26. The van der Waals surface area contributed by atoms with Crippen molar-refractivity contribution in [2.45, 2.75) is 13.8 Å². The van der Waals surface area contributed by atoms with Gasteiger partial charge in [0.15, 0.2) is 11.6 Å². The van der Waals surface area contributed by atoms with Gasteiger partial charge < -0.3 is 10.1 Å². The quantitative estimate of drug-likeness (QED) is 0.697. The van der Waals surface area contributed by atoms with Crippen LogP contribution in [0.15, 0.2) is 54.7 Å². The van der Waals surface area contributed by atoms with Gasteiger partial charge >= 0.3 is 0 Å². The Labute approximate surface area is 157 Å². The summed E-state index contributed by atoms with van der Waals surface area (Å²) in [6.45, 7) is 3.24. The van der Waals surface area contributed by atoms with Crippen LogP contribution in [0.3, 0.4) is 0 Å². The van der Waals surface area contributed by atoms with Gasteiger partial charge in [-0.25, -0.2) is 9.97 Å². The monoisotopic (exact) mass is 361 g/mol. The van der Waals surface area contributed by atoms with E-state index in [9.17, 15) is 9.59 Å². The number of carbonyl (C=O) groups is 2. The van der Waals surface area contributed by atoms with E-state index in [1.807, 2.05) is 24.3 Å². The second-order valence-corrected chi connectivity index (χ2v) is 6.01. The van der Waals surface area contributed by atoms with Gasteiger partial charge in [0.1, 0.15) is 5.75 Å². The summed E-state index contributed by atoms with van der Waals surface area (Å²) in [6.07, 6.45) is 1.51. The number of aromatic nitrogens is 2. The lowest BCUT2D eigenvalue weighted by molar-refractivity contribution is 0.101. The number of carbonyl (C=O) groups excluding carboxylic acids is 2. The van der Waals surface area contributed by atoms with Gasteiger partial charge in [-0.15, -0.1) is 0 Å². The molecule has 1 aromatic heterocycles. The Morgan fingerprint density at radius 2 is 1.81 bits per heavy atom. The largest absolute Gasteiger partial charge is 0.497 e. The first kappa shape index (κ1) is 18.3. The molecule has 136 valence electrons. The number of aryl methyl sites for hydroxylation is 1. The molecule has 6 nitrogen and oxygen atoms in total. The maximum atomic E-state index is 12.6. The Morgan fingerprint density at radius 3 is 2.44 bits per heavy atom. The third-order valence-corrected chi connectivity index (χ3v) is 4.10. The summed E-state index contributed by atoms with van der Waals surface area (Å²) < 4.78 is 5.14. The highest BCUT2D eigenvalue weighted by molar-refractivity contribution is 6.05. The zero-order valence-electron chi connectivity index (χ0n) is 15.3. The maximum Gasteiger partial charge on any atom is 0.259 e. The van der Waals surface area contributed by atoms with Crippen molar-refractivity contribution in [1.82, 2.24) is 9.97 Å². The molecule has 6 heteroatoms. The number of rotatable bonds is 5. The van der Waals surface area contributed by atoms with Gasteiger partial charge in [0.2, 0.25) is 0 Å². The van der Waals surface area contributed by atoms with Gasteiger partial charge in [0.25, 0.3) is 5.91 Å². The molecule has 0 unspecified atom stereocenters. The van der Waals surface area contributed by atoms with E-state index >= 15 is 0 Å². The average Bonchev–Trinajstić information content (AvgIpc) is 2.68. The zero-order valence-corrected chi connectivity index (χ0v) is 15.3. The molecular weight excluding hydrogens is 342 g/mol. The number of Topliss-reactive ketones (excluding diaryl/α,β-unsaturated/α-hetero) is 1. The van der Waals surface area contributed by atoms with Gasteiger partial charge in [-0.05, 0) is 50.2 Å². The number of amides is 1. The molecule has 1 heterocycles. The summed E-state index contributed by atoms with van der Waals surface area (Å²) in [5.41, 5.74) is 2.86. The lowest BCUT2D eigenvalue weighted by atomic mass is 10.1. The van der Waals surface area contributed by atoms with E-state index in [0.717, 1.165) is 11.3 Å². The number of benzene rings is 2. The van der Waals surface area contributed by atoms with Crippen LogP contribution in [0.5, 0.6) is 5.75 Å². The van der Waals surface area contributed by atoms with Crippen molar-refractivity contribution < 1.29 is 14.3 Å². The Balaban J connectivity index is 1.81. The van der Waals surface area contributed by atoms with Gasteiger partial charge in [0, 0.05) is 23.0 Å². The topological polar surface area (TPSA) is 81.2 Å². The van der Waals surface area contributed by atoms with Crippen molar-refractivity contribution in [3.63, 3.8) is 0 Å². The molecule has 0 radical (unpaired) electrons. The molecule has 0 aliphatic heterocycles. The first-order chi connectivity index (χ1) is 13.0. The van der Waals surface area contributed by atoms with Crippen molar-refractivity contribution in [3.8, 4) is 17.1 Å². The number of ketones is 1. The molecule has 0 aliphatic carbocycles. The summed E-state index contributed by atoms with van der Waals surface area (Å²) in [4.78, 5) is 32.8. The van der Waals surface area contributed by atoms with Gasteiger partial charge in [-0.2, -0.15) is 0 Å². The van der Waals surface area contributed by atoms with E-state index < -0.39 is 0 Å². The molecule has 0 atom stereocenters. The molecule has 0 bridgehead atoms. The third kappa shape index (κ3) is 4.17. The fourth-order valence-electron chi connectivity index (χ4n) is 2.58. The third-order valence-electron chi connectivity index (χ3n) is 4.10. The van der Waals surface area contributed by atoms with E-state index in [0.29, 0.717) is 28.3 Å². The Morgan fingerprint density at radius 1 is 1.07 bits per heavy atom. The first-order valence-electron chi connectivity index (χ1n) is 8.38. The smallest absolute Gasteiger partial charge is 0.259 e. The number of methoxy groups -OCH3 is 1. The Hall–Kier alpha value is -3.54. The number of nitrogens with zero attached hydrogens (tertiary/aromatic N) is 2. The minimum Gasteiger partial charge on any atom is -0.497 e. The molecule has 0 spiro atoms. The minimum atomic E-state index is -0.325. The lowest BCUT2D eigenvalue weighted by Crippen LogP contribution is -2.15. The van der Waals surface area contributed by atoms with Crippen molar-refractivity contribution in [3.05, 3.63) is 71.5 Å². The van der Waals surface area contributed by atoms with Crippen molar-refractivity contribution in [2.75, 3.05) is 12.4 Å². The van der Waals surface area contributed by atoms with Crippen LogP contribution in [0.4, 0.5) is 5.69 Å². The van der Waals surface area contributed by atoms with E-state index in [1.54, 1.807) is 38.3 Å². The predicted molar refractivity (Wildman–Crippen MR) is 103 cm³/mol. The molecule has 3 rings (SSSR count). The molecule has 0 fully saturated rings. The van der Waals surface area contributed by atoms with Crippen LogP contribution in [0, 0.1) is 6.92 Å².